The van der Waals surface area contributed by atoms with Crippen LogP contribution in [-0.2, 0) is 4.79 Å². The van der Waals surface area contributed by atoms with Crippen molar-refractivity contribution in [2.24, 2.45) is 0 Å². The summed E-state index contributed by atoms with van der Waals surface area (Å²) in [6.07, 6.45) is 0.944. The van der Waals surface area contributed by atoms with Crippen LogP contribution in [0.4, 0.5) is 5.69 Å². The minimum Gasteiger partial charge on any atom is -0.494 e. The summed E-state index contributed by atoms with van der Waals surface area (Å²) in [5, 5.41) is 5.24. The van der Waals surface area contributed by atoms with Crippen molar-refractivity contribution in [1.82, 2.24) is 5.32 Å². The van der Waals surface area contributed by atoms with Gasteiger partial charge in [0, 0.05) is 18.3 Å². The maximum absolute atomic E-state index is 12.0. The molecular formula is C19H22N2O4. The molecule has 0 aromatic heterocycles. The van der Waals surface area contributed by atoms with Crippen molar-refractivity contribution < 1.29 is 19.1 Å². The van der Waals surface area contributed by atoms with E-state index in [1.165, 1.54) is 0 Å². The number of amides is 2. The highest BCUT2D eigenvalue weighted by Gasteiger charge is 2.07. The Morgan fingerprint density at radius 2 is 1.68 bits per heavy atom. The van der Waals surface area contributed by atoms with Crippen LogP contribution in [0.3, 0.4) is 0 Å². The molecule has 0 saturated carbocycles. The van der Waals surface area contributed by atoms with Gasteiger partial charge in [0.1, 0.15) is 11.5 Å². The Bertz CT molecular complexity index is 714. The van der Waals surface area contributed by atoms with Gasteiger partial charge in [0.2, 0.25) is 0 Å². The summed E-state index contributed by atoms with van der Waals surface area (Å²) in [6, 6.07) is 13.8. The number of carbonyl (C=O) groups excluding carboxylic acids is 2. The molecule has 0 aliphatic rings. The molecule has 0 saturated heterocycles. The van der Waals surface area contributed by atoms with Crippen LogP contribution in [0.1, 0.15) is 23.7 Å². The zero-order valence-corrected chi connectivity index (χ0v) is 14.4. The molecule has 2 amide bonds. The molecule has 0 radical (unpaired) electrons. The highest BCUT2D eigenvalue weighted by atomic mass is 16.5. The monoisotopic (exact) mass is 342 g/mol. The van der Waals surface area contributed by atoms with Gasteiger partial charge < -0.3 is 20.1 Å². The summed E-state index contributed by atoms with van der Waals surface area (Å²) in [5.41, 5.74) is 1.02. The number of benzene rings is 2. The molecular weight excluding hydrogens is 320 g/mol. The van der Waals surface area contributed by atoms with Crippen LogP contribution in [0.2, 0.25) is 0 Å². The van der Waals surface area contributed by atoms with Crippen molar-refractivity contribution in [2.75, 3.05) is 25.6 Å². The Morgan fingerprint density at radius 3 is 2.32 bits per heavy atom. The van der Waals surface area contributed by atoms with Crippen LogP contribution in [0.15, 0.2) is 48.5 Å². The van der Waals surface area contributed by atoms with E-state index in [0.29, 0.717) is 23.6 Å². The first kappa shape index (κ1) is 18.3. The predicted molar refractivity (Wildman–Crippen MR) is 96.2 cm³/mol. The first-order chi connectivity index (χ1) is 12.1. The van der Waals surface area contributed by atoms with E-state index in [1.807, 2.05) is 6.92 Å². The quantitative estimate of drug-likeness (QED) is 0.773. The lowest BCUT2D eigenvalue weighted by atomic mass is 10.2. The van der Waals surface area contributed by atoms with Gasteiger partial charge in [-0.1, -0.05) is 13.0 Å². The molecule has 0 aliphatic heterocycles. The molecule has 132 valence electrons. The SMILES string of the molecule is CCCOc1ccc(OCC(=O)Nc2cccc(C(=O)NC)c2)cc1. The number of ether oxygens (including phenoxy) is 2. The Hall–Kier alpha value is -3.02. The number of anilines is 1. The van der Waals surface area contributed by atoms with Crippen molar-refractivity contribution in [2.45, 2.75) is 13.3 Å². The minimum atomic E-state index is -0.305. The van der Waals surface area contributed by atoms with E-state index < -0.39 is 0 Å². The maximum atomic E-state index is 12.0. The van der Waals surface area contributed by atoms with Gasteiger partial charge >= 0.3 is 0 Å². The molecule has 0 spiro atoms. The lowest BCUT2D eigenvalue weighted by Crippen LogP contribution is -2.21. The second kappa shape index (κ2) is 9.32. The molecule has 2 N–H and O–H groups in total. The van der Waals surface area contributed by atoms with Crippen LogP contribution in [0.25, 0.3) is 0 Å². The second-order valence-electron chi connectivity index (χ2n) is 5.32. The van der Waals surface area contributed by atoms with Gasteiger partial charge in [-0.2, -0.15) is 0 Å². The second-order valence-corrected chi connectivity index (χ2v) is 5.32. The van der Waals surface area contributed by atoms with E-state index in [0.717, 1.165) is 12.2 Å². The van der Waals surface area contributed by atoms with Gasteiger partial charge in [0.05, 0.1) is 6.61 Å². The minimum absolute atomic E-state index is 0.126. The van der Waals surface area contributed by atoms with Gasteiger partial charge in [0.25, 0.3) is 11.8 Å². The number of hydrogen-bond donors (Lipinski definition) is 2. The molecule has 25 heavy (non-hydrogen) atoms. The lowest BCUT2D eigenvalue weighted by molar-refractivity contribution is -0.118. The predicted octanol–water partition coefficient (Wildman–Crippen LogP) is 2.85. The van der Waals surface area contributed by atoms with Gasteiger partial charge in [0.15, 0.2) is 6.61 Å². The average Bonchev–Trinajstić information content (AvgIpc) is 2.65. The third-order valence-corrected chi connectivity index (χ3v) is 3.30. The molecule has 0 heterocycles. The smallest absolute Gasteiger partial charge is 0.262 e. The van der Waals surface area contributed by atoms with Crippen molar-refractivity contribution >= 4 is 17.5 Å². The summed E-state index contributed by atoms with van der Waals surface area (Å²) in [5.74, 6) is 0.834. The molecule has 0 fully saturated rings. The first-order valence-corrected chi connectivity index (χ1v) is 8.10. The largest absolute Gasteiger partial charge is 0.494 e. The van der Waals surface area contributed by atoms with E-state index in [-0.39, 0.29) is 18.4 Å². The van der Waals surface area contributed by atoms with Crippen LogP contribution < -0.4 is 20.1 Å². The van der Waals surface area contributed by atoms with Crippen molar-refractivity contribution in [3.63, 3.8) is 0 Å². The zero-order valence-electron chi connectivity index (χ0n) is 14.4. The molecule has 2 rings (SSSR count). The number of nitrogens with one attached hydrogen (secondary N) is 2. The maximum Gasteiger partial charge on any atom is 0.262 e. The summed E-state index contributed by atoms with van der Waals surface area (Å²) >= 11 is 0. The summed E-state index contributed by atoms with van der Waals surface area (Å²) in [6.45, 7) is 2.58. The number of hydrogen-bond acceptors (Lipinski definition) is 4. The molecule has 0 aliphatic carbocycles. The van der Waals surface area contributed by atoms with Crippen molar-refractivity contribution in [3.05, 3.63) is 54.1 Å². The highest BCUT2D eigenvalue weighted by Crippen LogP contribution is 2.18. The Balaban J connectivity index is 1.85. The zero-order chi connectivity index (χ0) is 18.1. The van der Waals surface area contributed by atoms with E-state index >= 15 is 0 Å². The van der Waals surface area contributed by atoms with Crippen LogP contribution in [0, 0.1) is 0 Å². The molecule has 0 atom stereocenters. The topological polar surface area (TPSA) is 76.7 Å². The van der Waals surface area contributed by atoms with Gasteiger partial charge in [-0.25, -0.2) is 0 Å². The molecule has 6 heteroatoms. The normalized spacial score (nSPS) is 10.0. The van der Waals surface area contributed by atoms with E-state index in [9.17, 15) is 9.59 Å². The van der Waals surface area contributed by atoms with Gasteiger partial charge in [-0.3, -0.25) is 9.59 Å². The van der Waals surface area contributed by atoms with Crippen LogP contribution in [-0.4, -0.2) is 32.1 Å². The van der Waals surface area contributed by atoms with Crippen molar-refractivity contribution in [3.8, 4) is 11.5 Å². The Kier molecular flexibility index (Phi) is 6.83. The fraction of sp³-hybridized carbons (Fsp3) is 0.263. The lowest BCUT2D eigenvalue weighted by Gasteiger charge is -2.09. The molecule has 6 nitrogen and oxygen atoms in total. The number of carbonyl (C=O) groups is 2. The van der Waals surface area contributed by atoms with Gasteiger partial charge in [-0.15, -0.1) is 0 Å². The third-order valence-electron chi connectivity index (χ3n) is 3.30. The average molecular weight is 342 g/mol. The summed E-state index contributed by atoms with van der Waals surface area (Å²) < 4.78 is 10.9. The fourth-order valence-corrected chi connectivity index (χ4v) is 2.08. The van der Waals surface area contributed by atoms with Gasteiger partial charge in [-0.05, 0) is 48.9 Å². The summed E-state index contributed by atoms with van der Waals surface area (Å²) in [7, 11) is 1.56. The van der Waals surface area contributed by atoms with Crippen LogP contribution in [0.5, 0.6) is 11.5 Å². The molecule has 2 aromatic carbocycles. The summed E-state index contributed by atoms with van der Waals surface area (Å²) in [4.78, 5) is 23.6. The van der Waals surface area contributed by atoms with E-state index in [2.05, 4.69) is 10.6 Å². The van der Waals surface area contributed by atoms with Crippen LogP contribution >= 0.6 is 0 Å². The molecule has 0 unspecified atom stereocenters. The molecule has 0 bridgehead atoms. The standard InChI is InChI=1S/C19H22N2O4/c1-3-11-24-16-7-9-17(10-8-16)25-13-18(22)21-15-6-4-5-14(12-15)19(23)20-2/h4-10,12H,3,11,13H2,1-2H3,(H,20,23)(H,21,22). The third kappa shape index (κ3) is 5.84. The highest BCUT2D eigenvalue weighted by molar-refractivity contribution is 5.97. The fourth-order valence-electron chi connectivity index (χ4n) is 2.08. The van der Waals surface area contributed by atoms with E-state index in [4.69, 9.17) is 9.47 Å². The van der Waals surface area contributed by atoms with E-state index in [1.54, 1.807) is 55.6 Å². The Labute approximate surface area is 147 Å². The first-order valence-electron chi connectivity index (χ1n) is 8.10. The number of rotatable bonds is 8. The van der Waals surface area contributed by atoms with Crippen molar-refractivity contribution in [1.29, 1.82) is 0 Å². The molecule has 2 aromatic rings. The Morgan fingerprint density at radius 1 is 1.00 bits per heavy atom.